The fourth-order valence-corrected chi connectivity index (χ4v) is 3.38. The van der Waals surface area contributed by atoms with E-state index >= 15 is 0 Å². The van der Waals surface area contributed by atoms with Crippen LogP contribution in [0.15, 0.2) is 34.7 Å². The van der Waals surface area contributed by atoms with Crippen molar-refractivity contribution in [1.29, 1.82) is 0 Å². The first kappa shape index (κ1) is 15.0. The Kier molecular flexibility index (Phi) is 4.80. The molecule has 110 valence electrons. The molecule has 0 unspecified atom stereocenters. The quantitative estimate of drug-likeness (QED) is 0.801. The van der Waals surface area contributed by atoms with Gasteiger partial charge in [-0.15, -0.1) is 0 Å². The van der Waals surface area contributed by atoms with Gasteiger partial charge in [0.2, 0.25) is 10.0 Å². The molecule has 0 bridgehead atoms. The highest BCUT2D eigenvalue weighted by molar-refractivity contribution is 7.89. The molecule has 0 fully saturated rings. The molecule has 0 spiro atoms. The SMILES string of the molecule is COc1ccc(C)cc1S(=O)(=O)NCC1=CCNCC1. The van der Waals surface area contributed by atoms with E-state index in [1.165, 1.54) is 7.11 Å². The molecule has 20 heavy (non-hydrogen) atoms. The van der Waals surface area contributed by atoms with Gasteiger partial charge in [0.1, 0.15) is 10.6 Å². The third kappa shape index (κ3) is 3.59. The summed E-state index contributed by atoms with van der Waals surface area (Å²) >= 11 is 0. The molecule has 2 rings (SSSR count). The minimum atomic E-state index is -3.56. The highest BCUT2D eigenvalue weighted by Crippen LogP contribution is 2.24. The first-order valence-electron chi connectivity index (χ1n) is 6.56. The van der Waals surface area contributed by atoms with Crippen molar-refractivity contribution in [1.82, 2.24) is 10.0 Å². The number of sulfonamides is 1. The maximum absolute atomic E-state index is 12.4. The first-order chi connectivity index (χ1) is 9.53. The van der Waals surface area contributed by atoms with E-state index in [0.717, 1.165) is 30.6 Å². The Bertz CT molecular complexity index is 609. The number of hydrogen-bond donors (Lipinski definition) is 2. The average molecular weight is 296 g/mol. The van der Waals surface area contributed by atoms with E-state index in [1.54, 1.807) is 12.1 Å². The molecule has 2 N–H and O–H groups in total. The largest absolute Gasteiger partial charge is 0.495 e. The molecular weight excluding hydrogens is 276 g/mol. The average Bonchev–Trinajstić information content (AvgIpc) is 2.46. The van der Waals surface area contributed by atoms with Gasteiger partial charge in [0.15, 0.2) is 0 Å². The van der Waals surface area contributed by atoms with Crippen LogP contribution in [-0.2, 0) is 10.0 Å². The molecule has 0 radical (unpaired) electrons. The van der Waals surface area contributed by atoms with Gasteiger partial charge in [-0.2, -0.15) is 0 Å². The van der Waals surface area contributed by atoms with Crippen LogP contribution in [0, 0.1) is 6.92 Å². The summed E-state index contributed by atoms with van der Waals surface area (Å²) in [4.78, 5) is 0.189. The third-order valence-corrected chi connectivity index (χ3v) is 4.68. The monoisotopic (exact) mass is 296 g/mol. The molecule has 6 heteroatoms. The minimum Gasteiger partial charge on any atom is -0.495 e. The summed E-state index contributed by atoms with van der Waals surface area (Å²) in [5.74, 6) is 0.363. The molecule has 1 aromatic rings. The van der Waals surface area contributed by atoms with Gasteiger partial charge in [0.25, 0.3) is 0 Å². The number of aryl methyl sites for hydroxylation is 1. The van der Waals surface area contributed by atoms with E-state index in [-0.39, 0.29) is 4.90 Å². The van der Waals surface area contributed by atoms with Crippen LogP contribution in [-0.4, -0.2) is 35.2 Å². The van der Waals surface area contributed by atoms with E-state index in [1.807, 2.05) is 19.1 Å². The Morgan fingerprint density at radius 3 is 2.85 bits per heavy atom. The van der Waals surface area contributed by atoms with Crippen LogP contribution in [0.4, 0.5) is 0 Å². The zero-order valence-corrected chi connectivity index (χ0v) is 12.6. The standard InChI is InChI=1S/C14H20N2O3S/c1-11-3-4-13(19-2)14(9-11)20(17,18)16-10-12-5-7-15-8-6-12/h3-5,9,15-16H,6-8,10H2,1-2H3. The van der Waals surface area contributed by atoms with Gasteiger partial charge in [0.05, 0.1) is 7.11 Å². The molecule has 1 aromatic carbocycles. The number of rotatable bonds is 5. The van der Waals surface area contributed by atoms with E-state index < -0.39 is 10.0 Å². The normalized spacial score (nSPS) is 15.8. The summed E-state index contributed by atoms with van der Waals surface area (Å²) in [6, 6.07) is 5.12. The fourth-order valence-electron chi connectivity index (χ4n) is 2.09. The third-order valence-electron chi connectivity index (χ3n) is 3.26. The first-order valence-corrected chi connectivity index (χ1v) is 8.04. The number of nitrogens with one attached hydrogen (secondary N) is 2. The van der Waals surface area contributed by atoms with E-state index in [0.29, 0.717) is 12.3 Å². The molecule has 0 aromatic heterocycles. The van der Waals surface area contributed by atoms with E-state index in [2.05, 4.69) is 10.0 Å². The lowest BCUT2D eigenvalue weighted by atomic mass is 10.1. The zero-order valence-electron chi connectivity index (χ0n) is 11.8. The van der Waals surface area contributed by atoms with Crippen LogP contribution in [0.25, 0.3) is 0 Å². The molecule has 1 aliphatic rings. The molecule has 1 heterocycles. The Morgan fingerprint density at radius 2 is 2.20 bits per heavy atom. The van der Waals surface area contributed by atoms with E-state index in [9.17, 15) is 8.42 Å². The van der Waals surface area contributed by atoms with Gasteiger partial charge in [0, 0.05) is 13.1 Å². The van der Waals surface area contributed by atoms with Gasteiger partial charge >= 0.3 is 0 Å². The molecule has 0 aliphatic carbocycles. The Hall–Kier alpha value is -1.37. The summed E-state index contributed by atoms with van der Waals surface area (Å²) in [7, 11) is -2.09. The van der Waals surface area contributed by atoms with Crippen LogP contribution in [0.5, 0.6) is 5.75 Å². The highest BCUT2D eigenvalue weighted by Gasteiger charge is 2.19. The summed E-state index contributed by atoms with van der Waals surface area (Å²) in [5.41, 5.74) is 1.99. The van der Waals surface area contributed by atoms with Crippen LogP contribution in [0.1, 0.15) is 12.0 Å². The molecule has 5 nitrogen and oxygen atoms in total. The molecule has 1 aliphatic heterocycles. The predicted octanol–water partition coefficient (Wildman–Crippen LogP) is 1.20. The van der Waals surface area contributed by atoms with Crippen molar-refractivity contribution in [2.75, 3.05) is 26.7 Å². The van der Waals surface area contributed by atoms with Gasteiger partial charge in [-0.3, -0.25) is 0 Å². The van der Waals surface area contributed by atoms with Crippen molar-refractivity contribution < 1.29 is 13.2 Å². The van der Waals surface area contributed by atoms with Crippen LogP contribution in [0.3, 0.4) is 0 Å². The second-order valence-electron chi connectivity index (χ2n) is 4.80. The Morgan fingerprint density at radius 1 is 1.40 bits per heavy atom. The molecule has 0 amide bonds. The maximum atomic E-state index is 12.4. The van der Waals surface area contributed by atoms with Crippen molar-refractivity contribution >= 4 is 10.0 Å². The van der Waals surface area contributed by atoms with Crippen molar-refractivity contribution in [3.05, 3.63) is 35.4 Å². The zero-order chi connectivity index (χ0) is 14.6. The summed E-state index contributed by atoms with van der Waals surface area (Å²) in [6.07, 6.45) is 2.90. The van der Waals surface area contributed by atoms with Crippen molar-refractivity contribution in [2.24, 2.45) is 0 Å². The minimum absolute atomic E-state index is 0.189. The van der Waals surface area contributed by atoms with Gasteiger partial charge in [-0.1, -0.05) is 17.7 Å². The molecular formula is C14H20N2O3S. The lowest BCUT2D eigenvalue weighted by Crippen LogP contribution is -2.30. The lowest BCUT2D eigenvalue weighted by molar-refractivity contribution is 0.402. The van der Waals surface area contributed by atoms with Crippen molar-refractivity contribution in [3.8, 4) is 5.75 Å². The predicted molar refractivity (Wildman–Crippen MR) is 78.5 cm³/mol. The smallest absolute Gasteiger partial charge is 0.244 e. The topological polar surface area (TPSA) is 67.4 Å². The fraction of sp³-hybridized carbons (Fsp3) is 0.429. The number of ether oxygens (including phenoxy) is 1. The Balaban J connectivity index is 2.17. The van der Waals surface area contributed by atoms with Crippen molar-refractivity contribution in [2.45, 2.75) is 18.2 Å². The lowest BCUT2D eigenvalue weighted by Gasteiger charge is -2.16. The second kappa shape index (κ2) is 6.39. The summed E-state index contributed by atoms with van der Waals surface area (Å²) in [6.45, 7) is 3.89. The Labute approximate surface area is 120 Å². The summed E-state index contributed by atoms with van der Waals surface area (Å²) < 4.78 is 32.5. The molecule has 0 saturated carbocycles. The maximum Gasteiger partial charge on any atom is 0.244 e. The number of methoxy groups -OCH3 is 1. The van der Waals surface area contributed by atoms with Crippen molar-refractivity contribution in [3.63, 3.8) is 0 Å². The number of benzene rings is 1. The van der Waals surface area contributed by atoms with Crippen LogP contribution >= 0.6 is 0 Å². The van der Waals surface area contributed by atoms with Crippen LogP contribution in [0.2, 0.25) is 0 Å². The second-order valence-corrected chi connectivity index (χ2v) is 6.53. The summed E-state index contributed by atoms with van der Waals surface area (Å²) in [5, 5.41) is 3.20. The number of hydrogen-bond acceptors (Lipinski definition) is 4. The van der Waals surface area contributed by atoms with Crippen LogP contribution < -0.4 is 14.8 Å². The molecule has 0 atom stereocenters. The van der Waals surface area contributed by atoms with Gasteiger partial charge in [-0.25, -0.2) is 13.1 Å². The van der Waals surface area contributed by atoms with Gasteiger partial charge in [-0.05, 0) is 37.6 Å². The van der Waals surface area contributed by atoms with Gasteiger partial charge < -0.3 is 10.1 Å². The highest BCUT2D eigenvalue weighted by atomic mass is 32.2. The molecule has 0 saturated heterocycles. The van der Waals surface area contributed by atoms with E-state index in [4.69, 9.17) is 4.74 Å².